The average Bonchev–Trinajstić information content (AvgIpc) is 2.14. The lowest BCUT2D eigenvalue weighted by molar-refractivity contribution is 0.0395. The fraction of sp³-hybridized carbons (Fsp3) is 1.00. The van der Waals surface area contributed by atoms with E-state index < -0.39 is 0 Å². The minimum atomic E-state index is 0.971. The first-order valence-corrected chi connectivity index (χ1v) is 6.17. The summed E-state index contributed by atoms with van der Waals surface area (Å²) in [6, 6.07) is 1.94. The average molecular weight is 181 g/mol. The summed E-state index contributed by atoms with van der Waals surface area (Å²) in [5.41, 5.74) is 0. The molecule has 1 heteroatoms. The van der Waals surface area contributed by atoms with Gasteiger partial charge in [-0.1, -0.05) is 26.2 Å². The fourth-order valence-corrected chi connectivity index (χ4v) is 3.13. The number of fused-ring (bicyclic) bond motifs is 2. The molecule has 0 aliphatic carbocycles. The van der Waals surface area contributed by atoms with Crippen LogP contribution in [0.5, 0.6) is 0 Å². The number of nitrogens with zero attached hydrogens (tertiary/aromatic N) is 1. The van der Waals surface area contributed by atoms with Gasteiger partial charge in [-0.3, -0.25) is 4.90 Å². The Morgan fingerprint density at radius 1 is 1.00 bits per heavy atom. The van der Waals surface area contributed by atoms with Crippen molar-refractivity contribution in [2.75, 3.05) is 6.54 Å². The van der Waals surface area contributed by atoms with Gasteiger partial charge in [0.1, 0.15) is 0 Å². The first kappa shape index (κ1) is 9.51. The standard InChI is InChI=1S/C12H23N/c1-2-3-10-13-11-6-4-7-12(13)9-5-8-11/h11-12H,2-10H2,1H3. The van der Waals surface area contributed by atoms with Crippen LogP contribution in [0.15, 0.2) is 0 Å². The molecule has 0 unspecified atom stereocenters. The van der Waals surface area contributed by atoms with Crippen LogP contribution in [0.4, 0.5) is 0 Å². The van der Waals surface area contributed by atoms with Gasteiger partial charge in [-0.15, -0.1) is 0 Å². The summed E-state index contributed by atoms with van der Waals surface area (Å²) in [4.78, 5) is 2.83. The maximum atomic E-state index is 2.83. The fourth-order valence-electron chi connectivity index (χ4n) is 3.13. The second-order valence-electron chi connectivity index (χ2n) is 4.76. The van der Waals surface area contributed by atoms with Crippen molar-refractivity contribution in [2.45, 2.75) is 70.4 Å². The summed E-state index contributed by atoms with van der Waals surface area (Å²) in [6.45, 7) is 3.69. The van der Waals surface area contributed by atoms with Crippen molar-refractivity contribution >= 4 is 0 Å². The third-order valence-corrected chi connectivity index (χ3v) is 3.86. The van der Waals surface area contributed by atoms with Gasteiger partial charge in [-0.2, -0.15) is 0 Å². The molecule has 2 rings (SSSR count). The molecule has 0 saturated carbocycles. The number of rotatable bonds is 3. The summed E-state index contributed by atoms with van der Waals surface area (Å²) in [7, 11) is 0. The second kappa shape index (κ2) is 4.45. The molecule has 2 heterocycles. The molecule has 2 aliphatic heterocycles. The van der Waals surface area contributed by atoms with Crippen molar-refractivity contribution in [3.63, 3.8) is 0 Å². The van der Waals surface area contributed by atoms with Gasteiger partial charge < -0.3 is 0 Å². The number of hydrogen-bond donors (Lipinski definition) is 0. The molecule has 2 aliphatic rings. The molecule has 2 fully saturated rings. The molecule has 76 valence electrons. The molecular weight excluding hydrogens is 158 g/mol. The first-order chi connectivity index (χ1) is 6.42. The van der Waals surface area contributed by atoms with Crippen molar-refractivity contribution in [3.8, 4) is 0 Å². The van der Waals surface area contributed by atoms with E-state index in [9.17, 15) is 0 Å². The predicted octanol–water partition coefficient (Wildman–Crippen LogP) is 3.19. The van der Waals surface area contributed by atoms with E-state index in [1.54, 1.807) is 0 Å². The van der Waals surface area contributed by atoms with E-state index in [0.717, 1.165) is 12.1 Å². The van der Waals surface area contributed by atoms with Gasteiger partial charge in [0.15, 0.2) is 0 Å². The Morgan fingerprint density at radius 2 is 1.54 bits per heavy atom. The summed E-state index contributed by atoms with van der Waals surface area (Å²) in [5, 5.41) is 0. The van der Waals surface area contributed by atoms with Crippen molar-refractivity contribution in [1.82, 2.24) is 4.90 Å². The van der Waals surface area contributed by atoms with Crippen LogP contribution in [0, 0.1) is 0 Å². The van der Waals surface area contributed by atoms with E-state index >= 15 is 0 Å². The van der Waals surface area contributed by atoms with Crippen LogP contribution in [0.2, 0.25) is 0 Å². The number of hydrogen-bond acceptors (Lipinski definition) is 1. The Hall–Kier alpha value is -0.0400. The monoisotopic (exact) mass is 181 g/mol. The van der Waals surface area contributed by atoms with E-state index in [4.69, 9.17) is 0 Å². The minimum Gasteiger partial charge on any atom is -0.297 e. The molecule has 0 aromatic rings. The molecule has 0 radical (unpaired) electrons. The van der Waals surface area contributed by atoms with Gasteiger partial charge in [0.05, 0.1) is 0 Å². The minimum absolute atomic E-state index is 0.971. The SMILES string of the molecule is CCCCN1C2CCCC1CCC2. The van der Waals surface area contributed by atoms with Crippen LogP contribution in [0.25, 0.3) is 0 Å². The van der Waals surface area contributed by atoms with E-state index in [1.807, 2.05) is 0 Å². The summed E-state index contributed by atoms with van der Waals surface area (Å²) in [5.74, 6) is 0. The lowest BCUT2D eigenvalue weighted by Gasteiger charge is -2.46. The van der Waals surface area contributed by atoms with Gasteiger partial charge in [0, 0.05) is 12.1 Å². The van der Waals surface area contributed by atoms with Crippen molar-refractivity contribution in [3.05, 3.63) is 0 Å². The van der Waals surface area contributed by atoms with Gasteiger partial charge >= 0.3 is 0 Å². The van der Waals surface area contributed by atoms with Crippen LogP contribution < -0.4 is 0 Å². The van der Waals surface area contributed by atoms with Crippen molar-refractivity contribution in [1.29, 1.82) is 0 Å². The number of unbranched alkanes of at least 4 members (excludes halogenated alkanes) is 1. The zero-order valence-corrected chi connectivity index (χ0v) is 8.97. The first-order valence-electron chi connectivity index (χ1n) is 6.17. The predicted molar refractivity (Wildman–Crippen MR) is 56.9 cm³/mol. The lowest BCUT2D eigenvalue weighted by atomic mass is 9.84. The summed E-state index contributed by atoms with van der Waals surface area (Å²) < 4.78 is 0. The van der Waals surface area contributed by atoms with E-state index in [1.165, 1.54) is 57.9 Å². The lowest BCUT2D eigenvalue weighted by Crippen LogP contribution is -2.49. The van der Waals surface area contributed by atoms with Crippen LogP contribution in [0.1, 0.15) is 58.3 Å². The van der Waals surface area contributed by atoms with Crippen molar-refractivity contribution < 1.29 is 0 Å². The second-order valence-corrected chi connectivity index (χ2v) is 4.76. The molecule has 0 atom stereocenters. The molecule has 0 amide bonds. The molecule has 0 N–H and O–H groups in total. The Morgan fingerprint density at radius 3 is 2.00 bits per heavy atom. The molecule has 0 aromatic carbocycles. The quantitative estimate of drug-likeness (QED) is 0.646. The van der Waals surface area contributed by atoms with Crippen LogP contribution >= 0.6 is 0 Å². The van der Waals surface area contributed by atoms with Crippen LogP contribution in [0.3, 0.4) is 0 Å². The van der Waals surface area contributed by atoms with Gasteiger partial charge in [0.2, 0.25) is 0 Å². The highest BCUT2D eigenvalue weighted by molar-refractivity contribution is 4.88. The zero-order valence-electron chi connectivity index (χ0n) is 8.97. The van der Waals surface area contributed by atoms with Crippen LogP contribution in [-0.2, 0) is 0 Å². The highest BCUT2D eigenvalue weighted by Gasteiger charge is 2.32. The highest BCUT2D eigenvalue weighted by Crippen LogP contribution is 2.33. The van der Waals surface area contributed by atoms with E-state index in [2.05, 4.69) is 11.8 Å². The molecule has 0 spiro atoms. The normalized spacial score (nSPS) is 34.8. The van der Waals surface area contributed by atoms with Gasteiger partial charge in [0.25, 0.3) is 0 Å². The summed E-state index contributed by atoms with van der Waals surface area (Å²) in [6.07, 6.45) is 11.7. The zero-order chi connectivity index (χ0) is 9.10. The molecule has 1 nitrogen and oxygen atoms in total. The van der Waals surface area contributed by atoms with Crippen molar-refractivity contribution in [2.24, 2.45) is 0 Å². The largest absolute Gasteiger partial charge is 0.297 e. The van der Waals surface area contributed by atoms with Gasteiger partial charge in [-0.25, -0.2) is 0 Å². The highest BCUT2D eigenvalue weighted by atomic mass is 15.2. The van der Waals surface area contributed by atoms with E-state index in [0.29, 0.717) is 0 Å². The molecule has 2 saturated heterocycles. The molecule has 0 aromatic heterocycles. The summed E-state index contributed by atoms with van der Waals surface area (Å²) >= 11 is 0. The molecule has 2 bridgehead atoms. The third kappa shape index (κ3) is 2.07. The molecule has 13 heavy (non-hydrogen) atoms. The Balaban J connectivity index is 1.90. The Bertz CT molecular complexity index is 133. The van der Waals surface area contributed by atoms with E-state index in [-0.39, 0.29) is 0 Å². The Kier molecular flexibility index (Phi) is 3.26. The van der Waals surface area contributed by atoms with Crippen LogP contribution in [-0.4, -0.2) is 23.5 Å². The molecular formula is C12H23N. The topological polar surface area (TPSA) is 3.24 Å². The number of piperidine rings is 2. The Labute approximate surface area is 82.5 Å². The maximum Gasteiger partial charge on any atom is 0.00982 e. The smallest absolute Gasteiger partial charge is 0.00982 e. The third-order valence-electron chi connectivity index (χ3n) is 3.86. The maximum absolute atomic E-state index is 2.83. The van der Waals surface area contributed by atoms with Gasteiger partial charge in [-0.05, 0) is 38.6 Å².